The molecule has 33 heavy (non-hydrogen) atoms. The third-order valence-corrected chi connectivity index (χ3v) is 7.00. The smallest absolute Gasteiger partial charge is 0.304 e. The monoisotopic (exact) mass is 489 g/mol. The Bertz CT molecular complexity index is 1090. The van der Waals surface area contributed by atoms with Crippen LogP contribution in [-0.2, 0) is 24.6 Å². The highest BCUT2D eigenvalue weighted by Crippen LogP contribution is 2.55. The van der Waals surface area contributed by atoms with Crippen LogP contribution in [0.25, 0.3) is 0 Å². The molecule has 1 unspecified atom stereocenters. The van der Waals surface area contributed by atoms with E-state index in [2.05, 4.69) is 5.32 Å². The average molecular weight is 490 g/mol. The van der Waals surface area contributed by atoms with Gasteiger partial charge in [0.05, 0.1) is 23.8 Å². The number of carboxylic acids is 1. The van der Waals surface area contributed by atoms with Crippen LogP contribution < -0.4 is 5.32 Å². The number of carboxylic acid groups (broad SMARTS) is 1. The van der Waals surface area contributed by atoms with Crippen molar-refractivity contribution in [2.24, 2.45) is 11.3 Å². The molecule has 0 spiro atoms. The summed E-state index contributed by atoms with van der Waals surface area (Å²) in [5.41, 5.74) is -1.43. The van der Waals surface area contributed by atoms with Gasteiger partial charge in [0.1, 0.15) is 12.1 Å². The van der Waals surface area contributed by atoms with Gasteiger partial charge in [-0.2, -0.15) is 0 Å². The number of piperidine rings is 1. The summed E-state index contributed by atoms with van der Waals surface area (Å²) in [4.78, 5) is 50.6. The van der Waals surface area contributed by atoms with E-state index in [0.29, 0.717) is 27.5 Å². The van der Waals surface area contributed by atoms with Gasteiger partial charge in [-0.05, 0) is 41.8 Å². The van der Waals surface area contributed by atoms with E-state index in [9.17, 15) is 24.3 Å². The van der Waals surface area contributed by atoms with Crippen molar-refractivity contribution < 1.29 is 24.3 Å². The number of rotatable bonds is 8. The van der Waals surface area contributed by atoms with Crippen LogP contribution in [0.4, 0.5) is 0 Å². The van der Waals surface area contributed by atoms with Crippen molar-refractivity contribution >= 4 is 47.1 Å². The van der Waals surface area contributed by atoms with Crippen LogP contribution in [0.3, 0.4) is 0 Å². The normalized spacial score (nSPS) is 25.7. The fourth-order valence-electron chi connectivity index (χ4n) is 4.99. The summed E-state index contributed by atoms with van der Waals surface area (Å²) < 4.78 is 0. The summed E-state index contributed by atoms with van der Waals surface area (Å²) in [6.07, 6.45) is 0.207. The Morgan fingerprint density at radius 3 is 2.39 bits per heavy atom. The number of amides is 1. The molecule has 1 saturated heterocycles. The molecule has 1 aliphatic heterocycles. The van der Waals surface area contributed by atoms with Crippen molar-refractivity contribution in [2.45, 2.75) is 44.6 Å². The average Bonchev–Trinajstić information content (AvgIpc) is 2.76. The van der Waals surface area contributed by atoms with E-state index in [0.717, 1.165) is 0 Å². The Morgan fingerprint density at radius 1 is 1.18 bits per heavy atom. The second kappa shape index (κ2) is 9.65. The van der Waals surface area contributed by atoms with Crippen LogP contribution in [0.5, 0.6) is 0 Å². The van der Waals surface area contributed by atoms with E-state index in [1.165, 1.54) is 0 Å². The number of aldehydes is 1. The fraction of sp³-hybridized carbons (Fsp3) is 0.360. The molecule has 6 nitrogen and oxygen atoms in total. The van der Waals surface area contributed by atoms with E-state index in [1.807, 2.05) is 0 Å². The van der Waals surface area contributed by atoms with E-state index >= 15 is 0 Å². The first-order valence-corrected chi connectivity index (χ1v) is 11.3. The number of carbonyl (C=O) groups is 4. The molecule has 1 heterocycles. The number of halogens is 2. The van der Waals surface area contributed by atoms with E-state index in [1.54, 1.807) is 62.4 Å². The highest BCUT2D eigenvalue weighted by atomic mass is 35.5. The standard InChI is InChI=1S/C25H25Cl2NO5/c1-3-20(30)19(13-29)25(16-5-4-6-18(27)11-16)14-24(2,12-21(31)32)23(33)28-22(25)15-7-9-17(26)10-8-15/h4-11,13,19,22H,3,12,14H2,1-2H3,(H,28,33)(H,31,32)/t19?,22-,24-,25-/m0/s1. The number of aliphatic carboxylic acids is 1. The third kappa shape index (κ3) is 4.68. The van der Waals surface area contributed by atoms with E-state index in [4.69, 9.17) is 23.2 Å². The Labute approximate surface area is 202 Å². The fourth-order valence-corrected chi connectivity index (χ4v) is 5.31. The molecule has 3 rings (SSSR count). The van der Waals surface area contributed by atoms with E-state index < -0.39 is 41.1 Å². The van der Waals surface area contributed by atoms with Gasteiger partial charge in [0.25, 0.3) is 0 Å². The highest BCUT2D eigenvalue weighted by molar-refractivity contribution is 6.30. The lowest BCUT2D eigenvalue weighted by Crippen LogP contribution is -2.61. The largest absolute Gasteiger partial charge is 0.481 e. The maximum absolute atomic E-state index is 13.2. The van der Waals surface area contributed by atoms with Crippen molar-refractivity contribution in [3.63, 3.8) is 0 Å². The zero-order valence-corrected chi connectivity index (χ0v) is 19.8. The molecule has 0 aliphatic carbocycles. The molecule has 2 aromatic carbocycles. The minimum atomic E-state index is -1.37. The van der Waals surface area contributed by atoms with Crippen LogP contribution in [0, 0.1) is 11.3 Å². The molecule has 0 aromatic heterocycles. The van der Waals surface area contributed by atoms with Crippen LogP contribution in [0.2, 0.25) is 10.0 Å². The molecule has 4 atom stereocenters. The number of nitrogens with one attached hydrogen (secondary N) is 1. The van der Waals surface area contributed by atoms with Gasteiger partial charge in [-0.25, -0.2) is 0 Å². The van der Waals surface area contributed by atoms with E-state index in [-0.39, 0.29) is 18.6 Å². The number of hydrogen-bond acceptors (Lipinski definition) is 4. The molecule has 2 N–H and O–H groups in total. The topological polar surface area (TPSA) is 101 Å². The zero-order valence-electron chi connectivity index (χ0n) is 18.3. The highest BCUT2D eigenvalue weighted by Gasteiger charge is 2.59. The second-order valence-corrected chi connectivity index (χ2v) is 9.62. The van der Waals surface area contributed by atoms with Gasteiger partial charge in [0.15, 0.2) is 0 Å². The first kappa shape index (κ1) is 24.9. The van der Waals surface area contributed by atoms with Crippen LogP contribution >= 0.6 is 23.2 Å². The predicted octanol–water partition coefficient (Wildman–Crippen LogP) is 4.77. The van der Waals surface area contributed by atoms with Crippen molar-refractivity contribution in [3.8, 4) is 0 Å². The van der Waals surface area contributed by atoms with Crippen LogP contribution in [-0.4, -0.2) is 29.1 Å². The van der Waals surface area contributed by atoms with Gasteiger partial charge in [0.2, 0.25) is 5.91 Å². The Kier molecular flexibility index (Phi) is 7.29. The first-order chi connectivity index (χ1) is 15.6. The molecule has 2 aromatic rings. The van der Waals surface area contributed by atoms with Crippen molar-refractivity contribution in [3.05, 3.63) is 69.7 Å². The Balaban J connectivity index is 2.37. The number of Topliss-reactive ketones (excluding diaryl/α,β-unsaturated/α-hetero) is 1. The zero-order chi connectivity index (χ0) is 24.4. The minimum absolute atomic E-state index is 0.0408. The number of carbonyl (C=O) groups excluding carboxylic acids is 3. The van der Waals surface area contributed by atoms with Crippen LogP contribution in [0.15, 0.2) is 48.5 Å². The third-order valence-electron chi connectivity index (χ3n) is 6.51. The van der Waals surface area contributed by atoms with Crippen LogP contribution in [0.1, 0.15) is 50.3 Å². The van der Waals surface area contributed by atoms with Gasteiger partial charge in [-0.15, -0.1) is 0 Å². The summed E-state index contributed by atoms with van der Waals surface area (Å²) in [5.74, 6) is -3.06. The summed E-state index contributed by atoms with van der Waals surface area (Å²) in [6.45, 7) is 3.21. The molecule has 1 aliphatic rings. The maximum atomic E-state index is 13.2. The van der Waals surface area contributed by atoms with Crippen molar-refractivity contribution in [2.75, 3.05) is 0 Å². The Morgan fingerprint density at radius 2 is 1.85 bits per heavy atom. The quantitative estimate of drug-likeness (QED) is 0.410. The second-order valence-electron chi connectivity index (χ2n) is 8.75. The summed E-state index contributed by atoms with van der Waals surface area (Å²) in [6, 6.07) is 12.8. The van der Waals surface area contributed by atoms with Crippen molar-refractivity contribution in [1.29, 1.82) is 0 Å². The van der Waals surface area contributed by atoms with Crippen molar-refractivity contribution in [1.82, 2.24) is 5.32 Å². The summed E-state index contributed by atoms with van der Waals surface area (Å²) in [5, 5.41) is 13.4. The number of ketones is 1. The molecule has 0 radical (unpaired) electrons. The number of hydrogen-bond donors (Lipinski definition) is 2. The molecule has 174 valence electrons. The molecule has 0 bridgehead atoms. The SMILES string of the molecule is CCC(=O)C(C=O)[C@@]1(c2cccc(Cl)c2)C[C@](C)(CC(=O)O)C(=O)N[C@H]1c1ccc(Cl)cc1. The lowest BCUT2D eigenvalue weighted by Gasteiger charge is -2.53. The van der Waals surface area contributed by atoms with Gasteiger partial charge < -0.3 is 15.2 Å². The van der Waals surface area contributed by atoms with Gasteiger partial charge in [-0.3, -0.25) is 14.4 Å². The summed E-state index contributed by atoms with van der Waals surface area (Å²) in [7, 11) is 0. The summed E-state index contributed by atoms with van der Waals surface area (Å²) >= 11 is 12.4. The lowest BCUT2D eigenvalue weighted by atomic mass is 9.53. The first-order valence-electron chi connectivity index (χ1n) is 10.6. The van der Waals surface area contributed by atoms with Gasteiger partial charge in [0, 0.05) is 21.9 Å². The van der Waals surface area contributed by atoms with Gasteiger partial charge in [-0.1, -0.05) is 61.3 Å². The molecular formula is C25H25Cl2NO5. The molecule has 1 amide bonds. The molecule has 0 saturated carbocycles. The molecule has 8 heteroatoms. The van der Waals surface area contributed by atoms with Gasteiger partial charge >= 0.3 is 5.97 Å². The minimum Gasteiger partial charge on any atom is -0.481 e. The predicted molar refractivity (Wildman–Crippen MR) is 125 cm³/mol. The maximum Gasteiger partial charge on any atom is 0.304 e. The molecular weight excluding hydrogens is 465 g/mol. The number of benzene rings is 2. The Hall–Kier alpha value is -2.70. The lowest BCUT2D eigenvalue weighted by molar-refractivity contribution is -0.151. The molecule has 1 fully saturated rings.